The number of rotatable bonds is 6. The number of nitrogens with zero attached hydrogens (tertiary/aromatic N) is 2. The Balaban J connectivity index is 1.42. The highest BCUT2D eigenvalue weighted by atomic mass is 79.9. The summed E-state index contributed by atoms with van der Waals surface area (Å²) in [6, 6.07) is 15.8. The van der Waals surface area contributed by atoms with Gasteiger partial charge in [0, 0.05) is 42.9 Å². The van der Waals surface area contributed by atoms with Crippen LogP contribution in [-0.2, 0) is 11.3 Å². The quantitative estimate of drug-likeness (QED) is 0.784. The van der Waals surface area contributed by atoms with Gasteiger partial charge in [-0.05, 0) is 49.0 Å². The minimum absolute atomic E-state index is 0.0149. The Labute approximate surface area is 163 Å². The lowest BCUT2D eigenvalue weighted by molar-refractivity contribution is -0.123. The van der Waals surface area contributed by atoms with Gasteiger partial charge >= 0.3 is 0 Å². The number of anilines is 1. The Kier molecular flexibility index (Phi) is 6.52. The van der Waals surface area contributed by atoms with Crippen LogP contribution < -0.4 is 15.0 Å². The number of halogens is 1. The Bertz CT molecular complexity index is 711. The maximum absolute atomic E-state index is 11.9. The summed E-state index contributed by atoms with van der Waals surface area (Å²) in [7, 11) is 2.16. The second-order valence-electron chi connectivity index (χ2n) is 6.48. The zero-order valence-corrected chi connectivity index (χ0v) is 16.5. The monoisotopic (exact) mass is 417 g/mol. The van der Waals surface area contributed by atoms with Gasteiger partial charge in [-0.2, -0.15) is 0 Å². The molecule has 26 heavy (non-hydrogen) atoms. The number of piperazine rings is 1. The molecule has 1 aliphatic heterocycles. The average molecular weight is 418 g/mol. The number of nitrogens with one attached hydrogen (secondary N) is 1. The number of ether oxygens (including phenoxy) is 1. The summed E-state index contributed by atoms with van der Waals surface area (Å²) < 4.78 is 6.46. The van der Waals surface area contributed by atoms with Crippen molar-refractivity contribution >= 4 is 27.5 Å². The molecule has 1 fully saturated rings. The molecular weight excluding hydrogens is 394 g/mol. The zero-order chi connectivity index (χ0) is 18.4. The third-order valence-corrected chi connectivity index (χ3v) is 5.01. The Morgan fingerprint density at radius 1 is 1.04 bits per heavy atom. The van der Waals surface area contributed by atoms with Crippen LogP contribution in [0.15, 0.2) is 53.0 Å². The van der Waals surface area contributed by atoms with Crippen molar-refractivity contribution in [1.82, 2.24) is 10.2 Å². The van der Waals surface area contributed by atoms with Crippen LogP contribution in [0.25, 0.3) is 0 Å². The molecule has 138 valence electrons. The number of hydrogen-bond acceptors (Lipinski definition) is 4. The standard InChI is InChI=1S/C20H24BrN3O2/c1-23-10-12-24(13-11-23)18-6-2-16(3-7-18)14-22-20(25)15-26-19-8-4-17(21)5-9-19/h2-9H,10-15H2,1H3,(H,22,25). The molecule has 1 N–H and O–H groups in total. The SMILES string of the molecule is CN1CCN(c2ccc(CNC(=O)COc3ccc(Br)cc3)cc2)CC1. The molecule has 1 aliphatic rings. The van der Waals surface area contributed by atoms with Crippen LogP contribution in [0, 0.1) is 0 Å². The fraction of sp³-hybridized carbons (Fsp3) is 0.350. The van der Waals surface area contributed by atoms with E-state index in [2.05, 4.69) is 62.4 Å². The largest absolute Gasteiger partial charge is 0.484 e. The predicted octanol–water partition coefficient (Wildman–Crippen LogP) is 2.90. The average Bonchev–Trinajstić information content (AvgIpc) is 2.67. The minimum atomic E-state index is -0.129. The van der Waals surface area contributed by atoms with E-state index < -0.39 is 0 Å². The van der Waals surface area contributed by atoms with Gasteiger partial charge in [0.2, 0.25) is 0 Å². The maximum atomic E-state index is 11.9. The molecule has 1 heterocycles. The first-order valence-electron chi connectivity index (χ1n) is 8.78. The van der Waals surface area contributed by atoms with Crippen LogP contribution >= 0.6 is 15.9 Å². The highest BCUT2D eigenvalue weighted by Crippen LogP contribution is 2.17. The van der Waals surface area contributed by atoms with Crippen LogP contribution in [0.4, 0.5) is 5.69 Å². The predicted molar refractivity (Wildman–Crippen MR) is 108 cm³/mol. The first-order chi connectivity index (χ1) is 12.6. The first-order valence-corrected chi connectivity index (χ1v) is 9.57. The van der Waals surface area contributed by atoms with E-state index in [9.17, 15) is 4.79 Å². The van der Waals surface area contributed by atoms with Gasteiger partial charge in [-0.3, -0.25) is 4.79 Å². The second kappa shape index (κ2) is 9.05. The normalized spacial score (nSPS) is 14.9. The molecule has 1 amide bonds. The summed E-state index contributed by atoms with van der Waals surface area (Å²) in [4.78, 5) is 16.7. The lowest BCUT2D eigenvalue weighted by atomic mass is 10.2. The van der Waals surface area contributed by atoms with Crippen molar-refractivity contribution in [3.05, 3.63) is 58.6 Å². The molecule has 1 saturated heterocycles. The van der Waals surface area contributed by atoms with Gasteiger partial charge in [-0.1, -0.05) is 28.1 Å². The highest BCUT2D eigenvalue weighted by molar-refractivity contribution is 9.10. The summed E-state index contributed by atoms with van der Waals surface area (Å²) in [6.45, 7) is 4.82. The minimum Gasteiger partial charge on any atom is -0.484 e. The molecule has 0 aromatic heterocycles. The molecule has 2 aromatic rings. The zero-order valence-electron chi connectivity index (χ0n) is 15.0. The molecule has 0 radical (unpaired) electrons. The number of likely N-dealkylation sites (N-methyl/N-ethyl adjacent to an activating group) is 1. The number of carbonyl (C=O) groups is 1. The molecule has 6 heteroatoms. The number of benzene rings is 2. The molecule has 5 nitrogen and oxygen atoms in total. The van der Waals surface area contributed by atoms with Gasteiger partial charge in [0.15, 0.2) is 6.61 Å². The van der Waals surface area contributed by atoms with Crippen molar-refractivity contribution in [3.63, 3.8) is 0 Å². The summed E-state index contributed by atoms with van der Waals surface area (Å²) in [5.41, 5.74) is 2.33. The topological polar surface area (TPSA) is 44.8 Å². The summed E-state index contributed by atoms with van der Waals surface area (Å²) in [5, 5.41) is 2.89. The molecule has 0 aliphatic carbocycles. The van der Waals surface area contributed by atoms with Gasteiger partial charge in [0.1, 0.15) is 5.75 Å². The molecule has 0 spiro atoms. The van der Waals surface area contributed by atoms with Gasteiger partial charge in [-0.25, -0.2) is 0 Å². The van der Waals surface area contributed by atoms with Gasteiger partial charge in [0.25, 0.3) is 5.91 Å². The first kappa shape index (κ1) is 18.7. The van der Waals surface area contributed by atoms with E-state index >= 15 is 0 Å². The van der Waals surface area contributed by atoms with Crippen LogP contribution in [0.5, 0.6) is 5.75 Å². The molecule has 0 saturated carbocycles. The van der Waals surface area contributed by atoms with Crippen molar-refractivity contribution in [2.24, 2.45) is 0 Å². The number of carbonyl (C=O) groups excluding carboxylic acids is 1. The lowest BCUT2D eigenvalue weighted by Crippen LogP contribution is -2.44. The smallest absolute Gasteiger partial charge is 0.258 e. The van der Waals surface area contributed by atoms with Crippen molar-refractivity contribution in [2.45, 2.75) is 6.54 Å². The third-order valence-electron chi connectivity index (χ3n) is 4.48. The Morgan fingerprint density at radius 3 is 2.35 bits per heavy atom. The van der Waals surface area contributed by atoms with E-state index in [4.69, 9.17) is 4.74 Å². The summed E-state index contributed by atoms with van der Waals surface area (Å²) in [5.74, 6) is 0.552. The fourth-order valence-electron chi connectivity index (χ4n) is 2.82. The van der Waals surface area contributed by atoms with Crippen LogP contribution in [-0.4, -0.2) is 50.6 Å². The van der Waals surface area contributed by atoms with Crippen LogP contribution in [0.2, 0.25) is 0 Å². The second-order valence-corrected chi connectivity index (χ2v) is 7.39. The van der Waals surface area contributed by atoms with Crippen molar-refractivity contribution in [3.8, 4) is 5.75 Å². The summed E-state index contributed by atoms with van der Waals surface area (Å²) >= 11 is 3.37. The van der Waals surface area contributed by atoms with E-state index in [1.807, 2.05) is 24.3 Å². The Hall–Kier alpha value is -2.05. The molecule has 3 rings (SSSR count). The van der Waals surface area contributed by atoms with Crippen molar-refractivity contribution in [2.75, 3.05) is 44.7 Å². The third kappa shape index (κ3) is 5.47. The highest BCUT2D eigenvalue weighted by Gasteiger charge is 2.14. The van der Waals surface area contributed by atoms with E-state index in [1.165, 1.54) is 5.69 Å². The summed E-state index contributed by atoms with van der Waals surface area (Å²) in [6.07, 6.45) is 0. The van der Waals surface area contributed by atoms with Crippen LogP contribution in [0.3, 0.4) is 0 Å². The van der Waals surface area contributed by atoms with Crippen molar-refractivity contribution < 1.29 is 9.53 Å². The van der Waals surface area contributed by atoms with Gasteiger partial charge < -0.3 is 19.9 Å². The lowest BCUT2D eigenvalue weighted by Gasteiger charge is -2.34. The van der Waals surface area contributed by atoms with Crippen molar-refractivity contribution in [1.29, 1.82) is 0 Å². The van der Waals surface area contributed by atoms with Gasteiger partial charge in [-0.15, -0.1) is 0 Å². The number of amides is 1. The Morgan fingerprint density at radius 2 is 1.69 bits per heavy atom. The molecule has 2 aromatic carbocycles. The molecule has 0 unspecified atom stereocenters. The van der Waals surface area contributed by atoms with Crippen LogP contribution in [0.1, 0.15) is 5.56 Å². The molecular formula is C20H24BrN3O2. The van der Waals surface area contributed by atoms with E-state index in [-0.39, 0.29) is 12.5 Å². The van der Waals surface area contributed by atoms with E-state index in [0.717, 1.165) is 36.2 Å². The number of hydrogen-bond donors (Lipinski definition) is 1. The maximum Gasteiger partial charge on any atom is 0.258 e. The molecule has 0 bridgehead atoms. The van der Waals surface area contributed by atoms with E-state index in [1.54, 1.807) is 0 Å². The fourth-order valence-corrected chi connectivity index (χ4v) is 3.08. The molecule has 0 atom stereocenters. The van der Waals surface area contributed by atoms with Gasteiger partial charge in [0.05, 0.1) is 0 Å². The van der Waals surface area contributed by atoms with E-state index in [0.29, 0.717) is 12.3 Å².